The van der Waals surface area contributed by atoms with E-state index < -0.39 is 0 Å². The van der Waals surface area contributed by atoms with Crippen molar-refractivity contribution in [3.05, 3.63) is 22.6 Å². The summed E-state index contributed by atoms with van der Waals surface area (Å²) in [4.78, 5) is 12.3. The van der Waals surface area contributed by atoms with Crippen LogP contribution in [0.2, 0.25) is 0 Å². The molecule has 1 aromatic heterocycles. The highest BCUT2D eigenvalue weighted by Gasteiger charge is 2.18. The predicted octanol–water partition coefficient (Wildman–Crippen LogP) is 2.73. The van der Waals surface area contributed by atoms with Crippen molar-refractivity contribution in [2.24, 2.45) is 0 Å². The molecule has 1 atom stereocenters. The molecule has 1 unspecified atom stereocenters. The van der Waals surface area contributed by atoms with Crippen LogP contribution in [0.25, 0.3) is 0 Å². The number of ether oxygens (including phenoxy) is 1. The maximum atomic E-state index is 12.0. The fourth-order valence-corrected chi connectivity index (χ4v) is 2.32. The van der Waals surface area contributed by atoms with Crippen molar-refractivity contribution in [2.75, 3.05) is 20.3 Å². The quantitative estimate of drug-likeness (QED) is 0.821. The molecule has 4 nitrogen and oxygen atoms in total. The van der Waals surface area contributed by atoms with Gasteiger partial charge in [-0.1, -0.05) is 15.9 Å². The highest BCUT2D eigenvalue weighted by molar-refractivity contribution is 9.09. The van der Waals surface area contributed by atoms with Crippen LogP contribution in [0.4, 0.5) is 0 Å². The van der Waals surface area contributed by atoms with Crippen molar-refractivity contribution < 1.29 is 13.9 Å². The van der Waals surface area contributed by atoms with Crippen molar-refractivity contribution in [1.82, 2.24) is 5.32 Å². The fraction of sp³-hybridized carbons (Fsp3) is 0.615. The SMILES string of the molecule is COCC(Br)CCNC(=O)c1c(C)oc(C)c1C. The number of nitrogens with one attached hydrogen (secondary N) is 1. The van der Waals surface area contributed by atoms with Gasteiger partial charge in [0.25, 0.3) is 5.91 Å². The number of halogens is 1. The van der Waals surface area contributed by atoms with Crippen LogP contribution in [0, 0.1) is 20.8 Å². The number of rotatable bonds is 6. The molecule has 0 radical (unpaired) electrons. The first-order chi connectivity index (χ1) is 8.47. The third-order valence-electron chi connectivity index (χ3n) is 2.88. The van der Waals surface area contributed by atoms with Gasteiger partial charge >= 0.3 is 0 Å². The van der Waals surface area contributed by atoms with Gasteiger partial charge in [0, 0.05) is 24.0 Å². The molecule has 0 aliphatic carbocycles. The number of furan rings is 1. The molecule has 1 amide bonds. The molecule has 0 aliphatic heterocycles. The number of methoxy groups -OCH3 is 1. The van der Waals surface area contributed by atoms with Crippen LogP contribution in [-0.4, -0.2) is 31.0 Å². The summed E-state index contributed by atoms with van der Waals surface area (Å²) in [5, 5.41) is 2.90. The van der Waals surface area contributed by atoms with Crippen LogP contribution in [0.1, 0.15) is 33.9 Å². The molecule has 0 bridgehead atoms. The van der Waals surface area contributed by atoms with E-state index in [-0.39, 0.29) is 10.7 Å². The minimum absolute atomic E-state index is 0.0704. The summed E-state index contributed by atoms with van der Waals surface area (Å²) >= 11 is 3.48. The lowest BCUT2D eigenvalue weighted by Gasteiger charge is -2.09. The third-order valence-corrected chi connectivity index (χ3v) is 3.60. The molecule has 102 valence electrons. The molecule has 5 heteroatoms. The smallest absolute Gasteiger partial charge is 0.255 e. The van der Waals surface area contributed by atoms with E-state index in [1.54, 1.807) is 7.11 Å². The minimum atomic E-state index is -0.0704. The predicted molar refractivity (Wildman–Crippen MR) is 74.5 cm³/mol. The molecule has 18 heavy (non-hydrogen) atoms. The number of alkyl halides is 1. The van der Waals surface area contributed by atoms with Gasteiger partial charge in [-0.15, -0.1) is 0 Å². The van der Waals surface area contributed by atoms with Gasteiger partial charge in [-0.25, -0.2) is 0 Å². The Labute approximate surface area is 116 Å². The van der Waals surface area contributed by atoms with Gasteiger partial charge in [-0.05, 0) is 27.2 Å². The number of hydrogen-bond acceptors (Lipinski definition) is 3. The molecule has 0 saturated carbocycles. The zero-order valence-corrected chi connectivity index (χ0v) is 12.9. The lowest BCUT2D eigenvalue weighted by Crippen LogP contribution is -2.27. The van der Waals surface area contributed by atoms with Gasteiger partial charge in [0.1, 0.15) is 11.5 Å². The van der Waals surface area contributed by atoms with Gasteiger partial charge in [0.05, 0.1) is 12.2 Å². The summed E-state index contributed by atoms with van der Waals surface area (Å²) in [5.74, 6) is 1.41. The van der Waals surface area contributed by atoms with E-state index in [0.29, 0.717) is 24.5 Å². The first-order valence-electron chi connectivity index (χ1n) is 5.95. The zero-order valence-electron chi connectivity index (χ0n) is 11.3. The van der Waals surface area contributed by atoms with E-state index in [1.165, 1.54) is 0 Å². The normalized spacial score (nSPS) is 12.5. The maximum Gasteiger partial charge on any atom is 0.255 e. The summed E-state index contributed by atoms with van der Waals surface area (Å²) < 4.78 is 10.5. The Morgan fingerprint density at radius 1 is 1.39 bits per heavy atom. The molecule has 0 fully saturated rings. The summed E-state index contributed by atoms with van der Waals surface area (Å²) in [6.07, 6.45) is 0.828. The Kier molecular flexibility index (Phi) is 5.88. The monoisotopic (exact) mass is 317 g/mol. The molecule has 0 aliphatic rings. The summed E-state index contributed by atoms with van der Waals surface area (Å²) in [7, 11) is 1.66. The summed E-state index contributed by atoms with van der Waals surface area (Å²) in [6.45, 7) is 6.83. The van der Waals surface area contributed by atoms with Gasteiger partial charge in [0.15, 0.2) is 0 Å². The third kappa shape index (κ3) is 3.85. The van der Waals surface area contributed by atoms with Crippen molar-refractivity contribution in [1.29, 1.82) is 0 Å². The Hall–Kier alpha value is -0.810. The van der Waals surface area contributed by atoms with Crippen LogP contribution >= 0.6 is 15.9 Å². The first-order valence-corrected chi connectivity index (χ1v) is 6.86. The van der Waals surface area contributed by atoms with Gasteiger partial charge in [0.2, 0.25) is 0 Å². The van der Waals surface area contributed by atoms with Crippen LogP contribution in [-0.2, 0) is 4.74 Å². The summed E-state index contributed by atoms with van der Waals surface area (Å²) in [5.41, 5.74) is 1.57. The van der Waals surface area contributed by atoms with E-state index in [4.69, 9.17) is 9.15 Å². The molecule has 1 heterocycles. The zero-order chi connectivity index (χ0) is 13.7. The van der Waals surface area contributed by atoms with Crippen molar-refractivity contribution >= 4 is 21.8 Å². The highest BCUT2D eigenvalue weighted by Crippen LogP contribution is 2.20. The molecule has 1 rings (SSSR count). The van der Waals surface area contributed by atoms with Crippen LogP contribution < -0.4 is 5.32 Å². The van der Waals surface area contributed by atoms with E-state index >= 15 is 0 Å². The number of hydrogen-bond donors (Lipinski definition) is 1. The van der Waals surface area contributed by atoms with Crippen molar-refractivity contribution in [2.45, 2.75) is 32.0 Å². The van der Waals surface area contributed by atoms with Gasteiger partial charge in [-0.2, -0.15) is 0 Å². The first kappa shape index (κ1) is 15.2. The maximum absolute atomic E-state index is 12.0. The second-order valence-corrected chi connectivity index (χ2v) is 5.61. The Morgan fingerprint density at radius 3 is 2.56 bits per heavy atom. The lowest BCUT2D eigenvalue weighted by atomic mass is 10.1. The van der Waals surface area contributed by atoms with Gasteiger partial charge < -0.3 is 14.5 Å². The number of carbonyl (C=O) groups excluding carboxylic acids is 1. The fourth-order valence-electron chi connectivity index (χ4n) is 1.82. The van der Waals surface area contributed by atoms with Gasteiger partial charge in [-0.3, -0.25) is 4.79 Å². The topological polar surface area (TPSA) is 51.5 Å². The lowest BCUT2D eigenvalue weighted by molar-refractivity contribution is 0.0950. The van der Waals surface area contributed by atoms with Crippen molar-refractivity contribution in [3.8, 4) is 0 Å². The molecular formula is C13H20BrNO3. The molecule has 0 spiro atoms. The number of aryl methyl sites for hydroxylation is 2. The average molecular weight is 318 g/mol. The van der Waals surface area contributed by atoms with E-state index in [9.17, 15) is 4.79 Å². The van der Waals surface area contributed by atoms with E-state index in [0.717, 1.165) is 17.7 Å². The second-order valence-electron chi connectivity index (χ2n) is 4.31. The second kappa shape index (κ2) is 6.95. The molecular weight excluding hydrogens is 298 g/mol. The van der Waals surface area contributed by atoms with Crippen LogP contribution in [0.15, 0.2) is 4.42 Å². The summed E-state index contributed by atoms with van der Waals surface area (Å²) in [6, 6.07) is 0. The van der Waals surface area contributed by atoms with E-state index in [1.807, 2.05) is 20.8 Å². The molecule has 0 saturated heterocycles. The van der Waals surface area contributed by atoms with Crippen LogP contribution in [0.3, 0.4) is 0 Å². The highest BCUT2D eigenvalue weighted by atomic mass is 79.9. The standard InChI is InChI=1S/C13H20BrNO3/c1-8-9(2)18-10(3)12(8)13(16)15-6-5-11(14)7-17-4/h11H,5-7H2,1-4H3,(H,15,16). The molecule has 1 aromatic rings. The van der Waals surface area contributed by atoms with E-state index in [2.05, 4.69) is 21.2 Å². The largest absolute Gasteiger partial charge is 0.466 e. The Bertz CT molecular complexity index is 415. The van der Waals surface area contributed by atoms with Crippen molar-refractivity contribution in [3.63, 3.8) is 0 Å². The minimum Gasteiger partial charge on any atom is -0.466 e. The average Bonchev–Trinajstić information content (AvgIpc) is 2.53. The number of carbonyl (C=O) groups is 1. The van der Waals surface area contributed by atoms with Crippen LogP contribution in [0.5, 0.6) is 0 Å². The molecule has 0 aromatic carbocycles. The Balaban J connectivity index is 2.51. The Morgan fingerprint density at radius 2 is 2.06 bits per heavy atom. The molecule has 1 N–H and O–H groups in total. The number of amides is 1.